The van der Waals surface area contributed by atoms with Gasteiger partial charge >= 0.3 is 5.97 Å². The summed E-state index contributed by atoms with van der Waals surface area (Å²) < 4.78 is 4.53. The normalized spacial score (nSPS) is 10.1. The number of rotatable bonds is 6. The van der Waals surface area contributed by atoms with Gasteiger partial charge in [0, 0.05) is 31.1 Å². The number of halogens is 1. The van der Waals surface area contributed by atoms with Crippen LogP contribution < -0.4 is 4.90 Å². The van der Waals surface area contributed by atoms with E-state index in [2.05, 4.69) is 4.74 Å². The van der Waals surface area contributed by atoms with Gasteiger partial charge in [0.15, 0.2) is 0 Å². The number of hydrogen-bond donors (Lipinski definition) is 0. The maximum Gasteiger partial charge on any atom is 0.305 e. The fraction of sp³-hybridized carbons (Fsp3) is 0.417. The highest BCUT2D eigenvalue weighted by Crippen LogP contribution is 2.30. The number of anilines is 1. The quantitative estimate of drug-likeness (QED) is 0.457. The zero-order valence-corrected chi connectivity index (χ0v) is 11.5. The number of ether oxygens (including phenoxy) is 1. The molecule has 6 nitrogen and oxygen atoms in total. The first-order chi connectivity index (χ1) is 8.95. The molecule has 0 aromatic heterocycles. The molecule has 0 aliphatic carbocycles. The summed E-state index contributed by atoms with van der Waals surface area (Å²) in [5, 5.41) is 11.4. The van der Waals surface area contributed by atoms with E-state index in [-0.39, 0.29) is 18.1 Å². The predicted octanol–water partition coefficient (Wildman–Crippen LogP) is 2.64. The molecule has 0 saturated carbocycles. The van der Waals surface area contributed by atoms with Crippen molar-refractivity contribution >= 4 is 28.9 Å². The number of carbonyl (C=O) groups is 1. The number of hydrogen-bond acceptors (Lipinski definition) is 5. The third-order valence-electron chi connectivity index (χ3n) is 2.65. The second-order valence-corrected chi connectivity index (χ2v) is 4.43. The molecule has 0 atom stereocenters. The Morgan fingerprint density at radius 1 is 1.53 bits per heavy atom. The Labute approximate surface area is 116 Å². The van der Waals surface area contributed by atoms with Crippen LogP contribution in [0.15, 0.2) is 18.2 Å². The van der Waals surface area contributed by atoms with Crippen molar-refractivity contribution in [3.05, 3.63) is 33.3 Å². The topological polar surface area (TPSA) is 72.7 Å². The van der Waals surface area contributed by atoms with Crippen LogP contribution in [0.1, 0.15) is 12.8 Å². The summed E-state index contributed by atoms with van der Waals surface area (Å²) >= 11 is 5.85. The zero-order valence-electron chi connectivity index (χ0n) is 10.8. The van der Waals surface area contributed by atoms with E-state index in [9.17, 15) is 14.9 Å². The smallest absolute Gasteiger partial charge is 0.305 e. The van der Waals surface area contributed by atoms with Gasteiger partial charge in [-0.3, -0.25) is 14.9 Å². The van der Waals surface area contributed by atoms with E-state index in [0.29, 0.717) is 23.7 Å². The van der Waals surface area contributed by atoms with E-state index < -0.39 is 4.92 Å². The van der Waals surface area contributed by atoms with E-state index >= 15 is 0 Å². The minimum atomic E-state index is -0.456. The highest BCUT2D eigenvalue weighted by atomic mass is 35.5. The Hall–Kier alpha value is -1.82. The molecule has 0 amide bonds. The Bertz CT molecular complexity index is 479. The van der Waals surface area contributed by atoms with E-state index in [1.165, 1.54) is 25.3 Å². The van der Waals surface area contributed by atoms with E-state index in [0.717, 1.165) is 0 Å². The van der Waals surface area contributed by atoms with E-state index in [4.69, 9.17) is 11.6 Å². The Kier molecular flexibility index (Phi) is 5.57. The lowest BCUT2D eigenvalue weighted by Gasteiger charge is -2.19. The molecule has 19 heavy (non-hydrogen) atoms. The van der Waals surface area contributed by atoms with Crippen LogP contribution in [0.25, 0.3) is 0 Å². The van der Waals surface area contributed by atoms with Gasteiger partial charge in [-0.25, -0.2) is 0 Å². The van der Waals surface area contributed by atoms with Crippen molar-refractivity contribution in [2.75, 3.05) is 25.6 Å². The lowest BCUT2D eigenvalue weighted by atomic mass is 10.2. The predicted molar refractivity (Wildman–Crippen MR) is 72.6 cm³/mol. The molecule has 0 radical (unpaired) electrons. The van der Waals surface area contributed by atoms with Crippen LogP contribution in [-0.2, 0) is 9.53 Å². The molecule has 0 fully saturated rings. The molecule has 0 saturated heterocycles. The lowest BCUT2D eigenvalue weighted by Crippen LogP contribution is -2.20. The molecule has 0 bridgehead atoms. The molecule has 104 valence electrons. The first kappa shape index (κ1) is 15.2. The van der Waals surface area contributed by atoms with Crippen LogP contribution in [-0.4, -0.2) is 31.6 Å². The number of nitrogens with zero attached hydrogens (tertiary/aromatic N) is 2. The molecule has 0 spiro atoms. The van der Waals surface area contributed by atoms with Gasteiger partial charge in [0.1, 0.15) is 5.69 Å². The summed E-state index contributed by atoms with van der Waals surface area (Å²) in [6.07, 6.45) is 0.821. The summed E-state index contributed by atoms with van der Waals surface area (Å²) in [5.41, 5.74) is 0.423. The number of nitro groups is 1. The Morgan fingerprint density at radius 2 is 2.21 bits per heavy atom. The second kappa shape index (κ2) is 6.94. The fourth-order valence-electron chi connectivity index (χ4n) is 1.64. The van der Waals surface area contributed by atoms with Gasteiger partial charge in [-0.15, -0.1) is 0 Å². The van der Waals surface area contributed by atoms with Crippen LogP contribution >= 0.6 is 11.6 Å². The molecular formula is C12H15ClN2O4. The zero-order chi connectivity index (χ0) is 14.4. The van der Waals surface area contributed by atoms with Crippen molar-refractivity contribution < 1.29 is 14.5 Å². The molecule has 1 aromatic carbocycles. The average molecular weight is 287 g/mol. The number of carbonyl (C=O) groups excluding carboxylic acids is 1. The van der Waals surface area contributed by atoms with E-state index in [1.54, 1.807) is 11.9 Å². The summed E-state index contributed by atoms with van der Waals surface area (Å²) in [7, 11) is 3.05. The lowest BCUT2D eigenvalue weighted by molar-refractivity contribution is -0.384. The minimum Gasteiger partial charge on any atom is -0.469 e. The first-order valence-electron chi connectivity index (χ1n) is 5.67. The molecule has 0 unspecified atom stereocenters. The Morgan fingerprint density at radius 3 is 2.79 bits per heavy atom. The SMILES string of the molecule is COC(=O)CCCN(C)c1cc(Cl)ccc1[N+](=O)[O-]. The van der Waals surface area contributed by atoms with Gasteiger partial charge in [0.2, 0.25) is 0 Å². The van der Waals surface area contributed by atoms with Crippen molar-refractivity contribution in [2.45, 2.75) is 12.8 Å². The van der Waals surface area contributed by atoms with Gasteiger partial charge in [-0.1, -0.05) is 11.6 Å². The molecule has 1 rings (SSSR count). The standard InChI is InChI=1S/C12H15ClN2O4/c1-14(7-3-4-12(16)19-2)11-8-9(13)5-6-10(11)15(17)18/h5-6,8H,3-4,7H2,1-2H3. The largest absolute Gasteiger partial charge is 0.469 e. The van der Waals surface area contributed by atoms with Gasteiger partial charge in [-0.2, -0.15) is 0 Å². The van der Waals surface area contributed by atoms with Gasteiger partial charge in [-0.05, 0) is 18.6 Å². The molecule has 0 heterocycles. The van der Waals surface area contributed by atoms with Crippen molar-refractivity contribution in [1.82, 2.24) is 0 Å². The average Bonchev–Trinajstić information content (AvgIpc) is 2.37. The minimum absolute atomic E-state index is 0.00929. The number of nitro benzene ring substituents is 1. The first-order valence-corrected chi connectivity index (χ1v) is 6.05. The molecule has 7 heteroatoms. The van der Waals surface area contributed by atoms with Crippen LogP contribution in [0, 0.1) is 10.1 Å². The number of methoxy groups -OCH3 is 1. The third-order valence-corrected chi connectivity index (χ3v) is 2.88. The summed E-state index contributed by atoms with van der Waals surface area (Å²) in [4.78, 5) is 23.2. The third kappa shape index (κ3) is 4.40. The van der Waals surface area contributed by atoms with Crippen LogP contribution in [0.4, 0.5) is 11.4 Å². The highest BCUT2D eigenvalue weighted by molar-refractivity contribution is 6.31. The summed E-state index contributed by atoms with van der Waals surface area (Å²) in [6, 6.07) is 4.39. The van der Waals surface area contributed by atoms with Crippen molar-refractivity contribution in [2.24, 2.45) is 0 Å². The van der Waals surface area contributed by atoms with Gasteiger partial charge < -0.3 is 9.64 Å². The van der Waals surface area contributed by atoms with Gasteiger partial charge in [0.25, 0.3) is 5.69 Å². The summed E-state index contributed by atoms with van der Waals surface area (Å²) in [6.45, 7) is 0.496. The monoisotopic (exact) mass is 286 g/mol. The van der Waals surface area contributed by atoms with Gasteiger partial charge in [0.05, 0.1) is 12.0 Å². The molecule has 0 aliphatic rings. The Balaban J connectivity index is 2.75. The number of esters is 1. The van der Waals surface area contributed by atoms with Crippen LogP contribution in [0.3, 0.4) is 0 Å². The highest BCUT2D eigenvalue weighted by Gasteiger charge is 2.17. The van der Waals surface area contributed by atoms with Crippen LogP contribution in [0.2, 0.25) is 5.02 Å². The molecule has 1 aromatic rings. The van der Waals surface area contributed by atoms with Crippen molar-refractivity contribution in [3.63, 3.8) is 0 Å². The molecule has 0 N–H and O–H groups in total. The second-order valence-electron chi connectivity index (χ2n) is 3.99. The van der Waals surface area contributed by atoms with Crippen molar-refractivity contribution in [1.29, 1.82) is 0 Å². The van der Waals surface area contributed by atoms with Crippen LogP contribution in [0.5, 0.6) is 0 Å². The molecular weight excluding hydrogens is 272 g/mol. The molecule has 0 aliphatic heterocycles. The number of benzene rings is 1. The summed E-state index contributed by atoms with van der Waals surface area (Å²) in [5.74, 6) is -0.297. The maximum atomic E-state index is 11.0. The maximum absolute atomic E-state index is 11.0. The van der Waals surface area contributed by atoms with Crippen molar-refractivity contribution in [3.8, 4) is 0 Å². The van der Waals surface area contributed by atoms with E-state index in [1.807, 2.05) is 0 Å². The fourth-order valence-corrected chi connectivity index (χ4v) is 1.81.